The van der Waals surface area contributed by atoms with E-state index in [0.717, 1.165) is 70.5 Å². The Balaban J connectivity index is 0. The van der Waals surface area contributed by atoms with Crippen molar-refractivity contribution in [2.45, 2.75) is 174 Å². The van der Waals surface area contributed by atoms with E-state index in [4.69, 9.17) is 24.1 Å². The summed E-state index contributed by atoms with van der Waals surface area (Å²) in [4.78, 5) is 11.9. The summed E-state index contributed by atoms with van der Waals surface area (Å²) in [7, 11) is 0. The lowest BCUT2D eigenvalue weighted by molar-refractivity contribution is -0.134. The summed E-state index contributed by atoms with van der Waals surface area (Å²) >= 11 is 4.42. The molecule has 3 unspecified atom stereocenters. The Morgan fingerprint density at radius 2 is 1.25 bits per heavy atom. The number of carbonyl (C=O) groups excluding carboxylic acids is 1. The van der Waals surface area contributed by atoms with Crippen molar-refractivity contribution < 1.29 is 56.6 Å². The highest BCUT2D eigenvalue weighted by Gasteiger charge is 2.28. The molecule has 0 saturated heterocycles. The lowest BCUT2D eigenvalue weighted by atomic mass is 9.80. The van der Waals surface area contributed by atoms with E-state index in [1.165, 1.54) is 44.9 Å². The Morgan fingerprint density at radius 3 is 1.75 bits per heavy atom. The van der Waals surface area contributed by atoms with E-state index in [9.17, 15) is 32.6 Å². The minimum atomic E-state index is -1.99. The molecule has 1 aliphatic rings. The van der Waals surface area contributed by atoms with Crippen molar-refractivity contribution in [3.8, 4) is 5.75 Å². The molecule has 1 aromatic rings. The van der Waals surface area contributed by atoms with Gasteiger partial charge in [-0.05, 0) is 64.0 Å². The Labute approximate surface area is 383 Å². The zero-order valence-corrected chi connectivity index (χ0v) is 40.3. The molecule has 3 atom stereocenters. The lowest BCUT2D eigenvalue weighted by Crippen LogP contribution is -2.33. The molecule has 1 aliphatic carbocycles. The number of carbonyl (C=O) groups is 1. The summed E-state index contributed by atoms with van der Waals surface area (Å²) < 4.78 is 75.1. The molecule has 0 bridgehead atoms. The van der Waals surface area contributed by atoms with Crippen LogP contribution in [0, 0.1) is 36.1 Å². The Morgan fingerprint density at radius 1 is 0.762 bits per heavy atom. The van der Waals surface area contributed by atoms with Crippen molar-refractivity contribution >= 4 is 18.6 Å². The van der Waals surface area contributed by atoms with Crippen molar-refractivity contribution in [2.75, 3.05) is 59.3 Å². The first-order valence-electron chi connectivity index (χ1n) is 23.5. The molecule has 10 nitrogen and oxygen atoms in total. The third-order valence-electron chi connectivity index (χ3n) is 10.2. The number of halogens is 4. The normalized spacial score (nSPS) is 13.4. The third-order valence-corrected chi connectivity index (χ3v) is 10.8. The van der Waals surface area contributed by atoms with Crippen LogP contribution in [0.5, 0.6) is 5.75 Å². The number of rotatable bonds is 35. The van der Waals surface area contributed by atoms with Crippen LogP contribution in [0.3, 0.4) is 0 Å². The molecule has 1 aromatic carbocycles. The van der Waals surface area contributed by atoms with Gasteiger partial charge in [0.1, 0.15) is 0 Å². The van der Waals surface area contributed by atoms with E-state index in [2.05, 4.69) is 50.3 Å². The quantitative estimate of drug-likeness (QED) is 0.00742. The van der Waals surface area contributed by atoms with Crippen molar-refractivity contribution in [1.29, 1.82) is 0 Å². The van der Waals surface area contributed by atoms with Gasteiger partial charge < -0.3 is 44.9 Å². The number of ether oxygens (including phenoxy) is 4. The van der Waals surface area contributed by atoms with E-state index < -0.39 is 52.8 Å². The number of hydrogen-bond donors (Lipinski definition) is 6. The zero-order valence-electron chi connectivity index (χ0n) is 39.4. The summed E-state index contributed by atoms with van der Waals surface area (Å²) in [5.74, 6) is -8.29. The fraction of sp³-hybridized carbons (Fsp3) is 0.771. The second kappa shape index (κ2) is 43.5. The van der Waals surface area contributed by atoms with Crippen LogP contribution in [0.25, 0.3) is 0 Å². The summed E-state index contributed by atoms with van der Waals surface area (Å²) in [6.45, 7) is 21.8. The van der Waals surface area contributed by atoms with Crippen LogP contribution >= 0.6 is 12.6 Å². The third kappa shape index (κ3) is 32.8. The van der Waals surface area contributed by atoms with Crippen LogP contribution in [0.2, 0.25) is 0 Å². The number of aliphatic hydroxyl groups excluding tert-OH is 3. The highest BCUT2D eigenvalue weighted by Crippen LogP contribution is 2.35. The van der Waals surface area contributed by atoms with Crippen LogP contribution in [0.1, 0.15) is 155 Å². The number of nitrogens with one attached hydrogen (secondary N) is 2. The molecule has 0 amide bonds. The highest BCUT2D eigenvalue weighted by molar-refractivity contribution is 7.81. The van der Waals surface area contributed by atoms with Crippen LogP contribution in [0.4, 0.5) is 17.6 Å². The molecule has 0 spiro atoms. The zero-order chi connectivity index (χ0) is 47.7. The Hall–Kier alpha value is -2.40. The highest BCUT2D eigenvalue weighted by atomic mass is 32.1. The van der Waals surface area contributed by atoms with E-state index >= 15 is 0 Å². The minimum absolute atomic E-state index is 0.0158. The fourth-order valence-corrected chi connectivity index (χ4v) is 6.60. The molecule has 0 radical (unpaired) electrons. The molecule has 0 aromatic heterocycles. The predicted octanol–water partition coefficient (Wildman–Crippen LogP) is 10.4. The van der Waals surface area contributed by atoms with Gasteiger partial charge in [-0.25, -0.2) is 13.2 Å². The number of hydrogen-bond acceptors (Lipinski definition) is 11. The summed E-state index contributed by atoms with van der Waals surface area (Å²) in [6.07, 6.45) is 18.5. The SMILES string of the molecule is C=CNCCOCCOCCOCCNC(=C)CCCCCCCCCCC(=O)Oc1c(C)c(F)c(F)c(F)c1F.CC.CCCCCC.OCCC(O)C(O)CC(S)C1CCC1. The van der Waals surface area contributed by atoms with Crippen LogP contribution in [-0.4, -0.2) is 98.1 Å². The average Bonchev–Trinajstić information content (AvgIpc) is 3.25. The Bertz CT molecular complexity index is 1250. The maximum atomic E-state index is 13.8. The van der Waals surface area contributed by atoms with Gasteiger partial charge in [0.25, 0.3) is 0 Å². The maximum Gasteiger partial charge on any atom is 0.311 e. The van der Waals surface area contributed by atoms with Gasteiger partial charge in [0.05, 0.1) is 51.8 Å². The lowest BCUT2D eigenvalue weighted by Gasteiger charge is -2.32. The largest absolute Gasteiger partial charge is 0.423 e. The molecule has 15 heteroatoms. The topological polar surface area (TPSA) is 139 Å². The number of unbranched alkanes of at least 4 members (excludes halogenated alkanes) is 10. The molecule has 370 valence electrons. The average molecular weight is 927 g/mol. The standard InChI is InChI=1S/C30H46F4N2O5.C10H20O3S.C6H14.C2H6/c1-4-35-15-17-38-19-21-40-22-20-39-18-16-36-23(2)13-11-9-7-5-6-8-10-12-14-25(37)41-30-24(3)26(31)27(32)28(33)29(30)34;11-5-4-8(12)9(13)6-10(14)7-2-1-3-7;1-3-5-6-4-2;1-2/h4,35-36H,1-2,5-22H2,3H3;7-14H,1-6H2;3-6H2,1-2H3;1-2H3. The van der Waals surface area contributed by atoms with Crippen LogP contribution in [-0.2, 0) is 19.0 Å². The van der Waals surface area contributed by atoms with E-state index in [-0.39, 0.29) is 24.7 Å². The molecule has 5 N–H and O–H groups in total. The van der Waals surface area contributed by atoms with E-state index in [1.807, 2.05) is 13.8 Å². The number of allylic oxidation sites excluding steroid dienone is 1. The van der Waals surface area contributed by atoms with Crippen molar-refractivity contribution in [3.05, 3.63) is 53.9 Å². The molecule has 1 fully saturated rings. The molecular formula is C48H86F4N2O8S. The number of esters is 1. The smallest absolute Gasteiger partial charge is 0.311 e. The summed E-state index contributed by atoms with van der Waals surface area (Å²) in [6, 6.07) is 0. The first kappa shape index (κ1) is 62.7. The molecule has 2 rings (SSSR count). The van der Waals surface area contributed by atoms with Gasteiger partial charge >= 0.3 is 5.97 Å². The predicted molar refractivity (Wildman–Crippen MR) is 250 cm³/mol. The van der Waals surface area contributed by atoms with Crippen molar-refractivity contribution in [1.82, 2.24) is 10.6 Å². The van der Waals surface area contributed by atoms with E-state index in [1.54, 1.807) is 6.20 Å². The Kier molecular flexibility index (Phi) is 43.3. The van der Waals surface area contributed by atoms with Crippen molar-refractivity contribution in [3.63, 3.8) is 0 Å². The van der Waals surface area contributed by atoms with Crippen LogP contribution < -0.4 is 15.4 Å². The van der Waals surface area contributed by atoms with Gasteiger partial charge in [-0.2, -0.15) is 17.0 Å². The van der Waals surface area contributed by atoms with Crippen LogP contribution in [0.15, 0.2) is 25.1 Å². The van der Waals surface area contributed by atoms with E-state index in [0.29, 0.717) is 64.9 Å². The van der Waals surface area contributed by atoms with Gasteiger partial charge in [-0.1, -0.05) is 111 Å². The molecule has 0 heterocycles. The van der Waals surface area contributed by atoms with Gasteiger partial charge in [0, 0.05) is 42.6 Å². The summed E-state index contributed by atoms with van der Waals surface area (Å²) in [5.41, 5.74) is 0.424. The number of benzene rings is 1. The summed E-state index contributed by atoms with van der Waals surface area (Å²) in [5, 5.41) is 34.0. The monoisotopic (exact) mass is 927 g/mol. The fourth-order valence-electron chi connectivity index (χ4n) is 6.09. The molecular weight excluding hydrogens is 841 g/mol. The molecule has 63 heavy (non-hydrogen) atoms. The number of thiol groups is 1. The maximum absolute atomic E-state index is 13.8. The minimum Gasteiger partial charge on any atom is -0.423 e. The van der Waals surface area contributed by atoms with Gasteiger partial charge in [-0.15, -0.1) is 0 Å². The first-order valence-corrected chi connectivity index (χ1v) is 24.0. The van der Waals surface area contributed by atoms with Gasteiger partial charge in [-0.3, -0.25) is 4.79 Å². The van der Waals surface area contributed by atoms with Gasteiger partial charge in [0.15, 0.2) is 17.4 Å². The van der Waals surface area contributed by atoms with Crippen molar-refractivity contribution in [2.24, 2.45) is 5.92 Å². The first-order chi connectivity index (χ1) is 30.4. The molecule has 0 aliphatic heterocycles. The second-order valence-corrected chi connectivity index (χ2v) is 16.0. The number of aliphatic hydroxyl groups is 3. The molecule has 1 saturated carbocycles. The van der Waals surface area contributed by atoms with Gasteiger partial charge in [0.2, 0.25) is 11.6 Å². The second-order valence-electron chi connectivity index (χ2n) is 15.4.